The van der Waals surface area contributed by atoms with Crippen molar-refractivity contribution in [3.8, 4) is 0 Å². The van der Waals surface area contributed by atoms with Gasteiger partial charge in [0.15, 0.2) is 0 Å². The van der Waals surface area contributed by atoms with Gasteiger partial charge in [-0.1, -0.05) is 102 Å². The first-order valence-electron chi connectivity index (χ1n) is 19.8. The summed E-state index contributed by atoms with van der Waals surface area (Å²) in [6, 6.07) is 0. The summed E-state index contributed by atoms with van der Waals surface area (Å²) in [5, 5.41) is 0. The third-order valence-electron chi connectivity index (χ3n) is 18.7. The molecule has 0 aromatic heterocycles. The van der Waals surface area contributed by atoms with Crippen LogP contribution >= 0.6 is 0 Å². The van der Waals surface area contributed by atoms with Crippen LogP contribution in [0.4, 0.5) is 0 Å². The van der Waals surface area contributed by atoms with Crippen LogP contribution in [-0.4, -0.2) is 0 Å². The first-order chi connectivity index (χ1) is 20.2. The fraction of sp³-hybridized carbons (Fsp3) is 0.953. The van der Waals surface area contributed by atoms with Crippen LogP contribution in [0.5, 0.6) is 0 Å². The summed E-state index contributed by atoms with van der Waals surface area (Å²) >= 11 is 0. The van der Waals surface area contributed by atoms with Crippen LogP contribution in [-0.2, 0) is 0 Å². The number of hydrogen-bond donors (Lipinski definition) is 0. The molecule has 6 aliphatic rings. The summed E-state index contributed by atoms with van der Waals surface area (Å²) in [7, 11) is 0. The molecule has 6 rings (SSSR count). The summed E-state index contributed by atoms with van der Waals surface area (Å²) in [6.45, 7) is 32.7. The summed E-state index contributed by atoms with van der Waals surface area (Å²) in [4.78, 5) is 0. The molecule has 0 spiro atoms. The van der Waals surface area contributed by atoms with E-state index in [1.165, 1.54) is 51.4 Å². The minimum Gasteiger partial charge on any atom is -0.0885 e. The molecule has 43 heavy (non-hydrogen) atoms. The minimum absolute atomic E-state index is 0.420. The van der Waals surface area contributed by atoms with Crippen LogP contribution in [0, 0.1) is 111 Å². The van der Waals surface area contributed by atoms with Crippen LogP contribution < -0.4 is 0 Å². The van der Waals surface area contributed by atoms with Crippen molar-refractivity contribution in [2.45, 2.75) is 147 Å². The Balaban J connectivity index is 1.26. The zero-order chi connectivity index (χ0) is 31.2. The highest BCUT2D eigenvalue weighted by molar-refractivity contribution is 5.20. The smallest absolute Gasteiger partial charge is 0.0212 e. The van der Waals surface area contributed by atoms with Gasteiger partial charge in [-0.2, -0.15) is 0 Å². The van der Waals surface area contributed by atoms with Gasteiger partial charge in [0.1, 0.15) is 0 Å². The quantitative estimate of drug-likeness (QED) is 0.286. The average molecular weight is 591 g/mol. The van der Waals surface area contributed by atoms with Gasteiger partial charge in [-0.15, -0.1) is 0 Å². The van der Waals surface area contributed by atoms with Crippen molar-refractivity contribution < 1.29 is 0 Å². The van der Waals surface area contributed by atoms with E-state index in [4.69, 9.17) is 0 Å². The van der Waals surface area contributed by atoms with Crippen molar-refractivity contribution >= 4 is 0 Å². The topological polar surface area (TPSA) is 0 Å². The highest BCUT2D eigenvalue weighted by atomic mass is 14.8. The van der Waals surface area contributed by atoms with Crippen molar-refractivity contribution in [1.82, 2.24) is 0 Å². The van der Waals surface area contributed by atoms with Gasteiger partial charge in [-0.25, -0.2) is 0 Å². The highest BCUT2D eigenvalue weighted by Crippen LogP contribution is 2.78. The monoisotopic (exact) mass is 591 g/mol. The molecule has 0 aromatic rings. The Kier molecular flexibility index (Phi) is 8.71. The molecular formula is C43H74. The van der Waals surface area contributed by atoms with Crippen LogP contribution in [0.2, 0.25) is 0 Å². The van der Waals surface area contributed by atoms with E-state index in [2.05, 4.69) is 95.2 Å². The van der Waals surface area contributed by atoms with Gasteiger partial charge in [0.2, 0.25) is 0 Å². The van der Waals surface area contributed by atoms with E-state index in [1.807, 2.05) is 0 Å². The molecule has 0 heteroatoms. The van der Waals surface area contributed by atoms with Gasteiger partial charge < -0.3 is 0 Å². The molecule has 0 bridgehead atoms. The maximum Gasteiger partial charge on any atom is -0.0212 e. The molecule has 0 aliphatic heterocycles. The Bertz CT molecular complexity index is 1020. The summed E-state index contributed by atoms with van der Waals surface area (Å²) in [6.07, 6.45) is 19.8. The summed E-state index contributed by atoms with van der Waals surface area (Å²) in [5.74, 6) is 14.3. The van der Waals surface area contributed by atoms with E-state index in [1.54, 1.807) is 12.8 Å². The zero-order valence-corrected chi connectivity index (χ0v) is 31.0. The first-order valence-corrected chi connectivity index (χ1v) is 19.8. The lowest BCUT2D eigenvalue weighted by Crippen LogP contribution is -2.71. The molecule has 0 radical (unpaired) electrons. The van der Waals surface area contributed by atoms with E-state index in [-0.39, 0.29) is 0 Å². The van der Waals surface area contributed by atoms with E-state index in [9.17, 15) is 0 Å². The molecule has 6 aliphatic carbocycles. The number of hydrogen-bond acceptors (Lipinski definition) is 0. The molecule has 18 unspecified atom stereocenters. The van der Waals surface area contributed by atoms with Crippen LogP contribution in [0.1, 0.15) is 147 Å². The Hall–Kier alpha value is -0.260. The molecule has 0 amide bonds. The summed E-state index contributed by atoms with van der Waals surface area (Å²) in [5.41, 5.74) is 1.31. The predicted molar refractivity (Wildman–Crippen MR) is 187 cm³/mol. The Labute approximate surface area is 269 Å². The van der Waals surface area contributed by atoms with E-state index in [0.29, 0.717) is 16.2 Å². The third kappa shape index (κ3) is 4.60. The summed E-state index contributed by atoms with van der Waals surface area (Å²) < 4.78 is 0. The SMILES string of the molecule is CC(C)C1C(C)CC2(C)C(C)C3(C)C(C)C4CCC(CC5CCC(C6CC=CCC6)C5)C(C)C4C(C)C3C(C)C2(C)C1C. The van der Waals surface area contributed by atoms with E-state index >= 15 is 0 Å². The molecule has 5 saturated carbocycles. The lowest BCUT2D eigenvalue weighted by atomic mass is 9.28. The molecule has 0 aromatic carbocycles. The van der Waals surface area contributed by atoms with Crippen molar-refractivity contribution in [1.29, 1.82) is 0 Å². The van der Waals surface area contributed by atoms with Gasteiger partial charge in [0.25, 0.3) is 0 Å². The van der Waals surface area contributed by atoms with Gasteiger partial charge in [0.05, 0.1) is 0 Å². The number of rotatable bonds is 4. The molecular weight excluding hydrogens is 516 g/mol. The first kappa shape index (κ1) is 32.7. The fourth-order valence-electron chi connectivity index (χ4n) is 16.3. The van der Waals surface area contributed by atoms with Gasteiger partial charge in [0, 0.05) is 0 Å². The molecule has 5 fully saturated rings. The predicted octanol–water partition coefficient (Wildman–Crippen LogP) is 12.6. The van der Waals surface area contributed by atoms with Gasteiger partial charge in [-0.05, 0) is 169 Å². The maximum atomic E-state index is 2.83. The molecule has 0 nitrogen and oxygen atoms in total. The molecule has 0 N–H and O–H groups in total. The molecule has 0 heterocycles. The Morgan fingerprint density at radius 1 is 0.744 bits per heavy atom. The normalized spacial score (nSPS) is 58.6. The van der Waals surface area contributed by atoms with Gasteiger partial charge >= 0.3 is 0 Å². The van der Waals surface area contributed by atoms with Crippen molar-refractivity contribution in [3.05, 3.63) is 12.2 Å². The number of fused-ring (bicyclic) bond motifs is 3. The molecule has 18 atom stereocenters. The Morgan fingerprint density at radius 2 is 1.47 bits per heavy atom. The van der Waals surface area contributed by atoms with Crippen LogP contribution in [0.15, 0.2) is 12.2 Å². The van der Waals surface area contributed by atoms with E-state index in [0.717, 1.165) is 94.7 Å². The Morgan fingerprint density at radius 3 is 2.12 bits per heavy atom. The van der Waals surface area contributed by atoms with Crippen molar-refractivity contribution in [2.75, 3.05) is 0 Å². The lowest BCUT2D eigenvalue weighted by molar-refractivity contribution is -0.291. The second kappa shape index (κ2) is 11.5. The van der Waals surface area contributed by atoms with Gasteiger partial charge in [-0.3, -0.25) is 0 Å². The lowest BCUT2D eigenvalue weighted by Gasteiger charge is -2.77. The van der Waals surface area contributed by atoms with Crippen molar-refractivity contribution in [2.24, 2.45) is 111 Å². The standard InChI is InChI=1S/C43H74/c1-25(2)38-26(3)24-41(10)32(9)42(11)29(6)37-21-20-35(22-33-18-19-36(23-33)34-16-14-13-15-17-34)27(4)39(37)28(5)40(42)31(8)43(41,12)30(38)7/h13-14,25-40H,15-24H2,1-12H3. The minimum atomic E-state index is 0.420. The zero-order valence-electron chi connectivity index (χ0n) is 31.0. The fourth-order valence-corrected chi connectivity index (χ4v) is 16.3. The molecule has 0 saturated heterocycles. The van der Waals surface area contributed by atoms with Crippen molar-refractivity contribution in [3.63, 3.8) is 0 Å². The number of allylic oxidation sites excluding steroid dienone is 2. The third-order valence-corrected chi connectivity index (χ3v) is 18.7. The average Bonchev–Trinajstić information content (AvgIpc) is 3.43. The van der Waals surface area contributed by atoms with E-state index < -0.39 is 0 Å². The molecule has 246 valence electrons. The maximum absolute atomic E-state index is 2.83. The second-order valence-corrected chi connectivity index (χ2v) is 19.7. The van der Waals surface area contributed by atoms with Crippen LogP contribution in [0.25, 0.3) is 0 Å². The van der Waals surface area contributed by atoms with Crippen LogP contribution in [0.3, 0.4) is 0 Å². The largest absolute Gasteiger partial charge is 0.0885 e. The second-order valence-electron chi connectivity index (χ2n) is 19.7. The highest BCUT2D eigenvalue weighted by Gasteiger charge is 2.72.